The minimum atomic E-state index is -0.924. The lowest BCUT2D eigenvalue weighted by Crippen LogP contribution is -2.45. The molecule has 1 saturated heterocycles. The number of ether oxygens (including phenoxy) is 1. The number of hydrogen-bond donors (Lipinski definition) is 4. The van der Waals surface area contributed by atoms with Crippen LogP contribution in [0, 0.1) is 0 Å². The molecule has 2 rings (SSSR count). The smallest absolute Gasteiger partial charge is 0.115 e. The van der Waals surface area contributed by atoms with Crippen molar-refractivity contribution in [2.24, 2.45) is 0 Å². The van der Waals surface area contributed by atoms with Crippen LogP contribution in [0.3, 0.4) is 0 Å². The molecule has 1 aromatic rings. The molecule has 5 heteroatoms. The molecule has 0 spiro atoms. The molecule has 1 fully saturated rings. The van der Waals surface area contributed by atoms with E-state index in [0.29, 0.717) is 32.3 Å². The molecule has 4 N–H and O–H groups in total. The van der Waals surface area contributed by atoms with Crippen LogP contribution in [-0.4, -0.2) is 51.4 Å². The van der Waals surface area contributed by atoms with Gasteiger partial charge < -0.3 is 25.2 Å². The number of phenolic OH excluding ortho intramolecular Hbond substituents is 1. The van der Waals surface area contributed by atoms with Crippen LogP contribution in [0.25, 0.3) is 0 Å². The second-order valence-electron chi connectivity index (χ2n) is 5.35. The zero-order chi connectivity index (χ0) is 14.5. The Labute approximate surface area is 118 Å². The second-order valence-corrected chi connectivity index (χ2v) is 5.35. The molecular weight excluding hydrogens is 260 g/mol. The van der Waals surface area contributed by atoms with Gasteiger partial charge in [0.05, 0.1) is 18.3 Å². The molecule has 1 aliphatic rings. The highest BCUT2D eigenvalue weighted by atomic mass is 16.5. The molecule has 0 aliphatic carbocycles. The quantitative estimate of drug-likeness (QED) is 0.634. The summed E-state index contributed by atoms with van der Waals surface area (Å²) >= 11 is 0. The third-order valence-electron chi connectivity index (χ3n) is 3.73. The highest BCUT2D eigenvalue weighted by Crippen LogP contribution is 2.20. The summed E-state index contributed by atoms with van der Waals surface area (Å²) in [5.41, 5.74) is 1.03. The van der Waals surface area contributed by atoms with Gasteiger partial charge >= 0.3 is 0 Å². The van der Waals surface area contributed by atoms with Gasteiger partial charge in [0.15, 0.2) is 0 Å². The average molecular weight is 282 g/mol. The van der Waals surface area contributed by atoms with Gasteiger partial charge in [-0.2, -0.15) is 0 Å². The first-order chi connectivity index (χ1) is 9.56. The minimum Gasteiger partial charge on any atom is -0.508 e. The number of rotatable bonds is 5. The van der Waals surface area contributed by atoms with Gasteiger partial charge in [-0.1, -0.05) is 12.1 Å². The Morgan fingerprint density at radius 3 is 2.60 bits per heavy atom. The Balaban J connectivity index is 1.77. The van der Waals surface area contributed by atoms with Gasteiger partial charge in [-0.05, 0) is 37.0 Å². The van der Waals surface area contributed by atoms with Gasteiger partial charge in [-0.15, -0.1) is 0 Å². The molecular formula is C15H22O5. The molecule has 1 aromatic carbocycles. The minimum absolute atomic E-state index is 0.224. The molecule has 112 valence electrons. The number of aliphatic hydroxyl groups excluding tert-OH is 3. The van der Waals surface area contributed by atoms with E-state index < -0.39 is 24.4 Å². The molecule has 0 bridgehead atoms. The van der Waals surface area contributed by atoms with Crippen LogP contribution in [0.4, 0.5) is 0 Å². The van der Waals surface area contributed by atoms with E-state index in [2.05, 4.69) is 0 Å². The van der Waals surface area contributed by atoms with Crippen molar-refractivity contribution in [3.8, 4) is 5.75 Å². The topological polar surface area (TPSA) is 90.2 Å². The number of benzene rings is 1. The van der Waals surface area contributed by atoms with Crippen LogP contribution >= 0.6 is 0 Å². The van der Waals surface area contributed by atoms with E-state index in [1.165, 1.54) is 0 Å². The van der Waals surface area contributed by atoms with E-state index in [0.717, 1.165) is 5.56 Å². The summed E-state index contributed by atoms with van der Waals surface area (Å²) in [6.45, 7) is 0.410. The predicted molar refractivity (Wildman–Crippen MR) is 73.4 cm³/mol. The van der Waals surface area contributed by atoms with Crippen LogP contribution in [-0.2, 0) is 11.2 Å². The monoisotopic (exact) mass is 282 g/mol. The lowest BCUT2D eigenvalue weighted by Gasteiger charge is -2.33. The van der Waals surface area contributed by atoms with Gasteiger partial charge in [-0.25, -0.2) is 0 Å². The fraction of sp³-hybridized carbons (Fsp3) is 0.600. The van der Waals surface area contributed by atoms with E-state index in [1.807, 2.05) is 12.1 Å². The Morgan fingerprint density at radius 1 is 1.20 bits per heavy atom. The van der Waals surface area contributed by atoms with Crippen molar-refractivity contribution in [1.29, 1.82) is 0 Å². The largest absolute Gasteiger partial charge is 0.508 e. The predicted octanol–water partition coefficient (Wildman–Crippen LogP) is 0.587. The van der Waals surface area contributed by atoms with E-state index in [-0.39, 0.29) is 5.75 Å². The number of aryl methyl sites for hydroxylation is 1. The average Bonchev–Trinajstić information content (AvgIpc) is 2.43. The lowest BCUT2D eigenvalue weighted by atomic mass is 9.95. The fourth-order valence-corrected chi connectivity index (χ4v) is 2.45. The number of hydrogen-bond acceptors (Lipinski definition) is 5. The highest BCUT2D eigenvalue weighted by Gasteiger charge is 2.32. The third kappa shape index (κ3) is 4.18. The second kappa shape index (κ2) is 7.04. The molecule has 1 aliphatic heterocycles. The Bertz CT molecular complexity index is 405. The summed E-state index contributed by atoms with van der Waals surface area (Å²) in [4.78, 5) is 0. The Kier molecular flexibility index (Phi) is 5.37. The van der Waals surface area contributed by atoms with E-state index in [9.17, 15) is 20.4 Å². The van der Waals surface area contributed by atoms with Crippen molar-refractivity contribution in [3.05, 3.63) is 29.8 Å². The van der Waals surface area contributed by atoms with Gasteiger partial charge in [0.25, 0.3) is 0 Å². The van der Waals surface area contributed by atoms with Crippen molar-refractivity contribution in [2.45, 2.75) is 50.1 Å². The molecule has 0 radical (unpaired) electrons. The summed E-state index contributed by atoms with van der Waals surface area (Å²) in [5.74, 6) is 0.224. The summed E-state index contributed by atoms with van der Waals surface area (Å²) in [5, 5.41) is 38.5. The zero-order valence-electron chi connectivity index (χ0n) is 11.4. The van der Waals surface area contributed by atoms with E-state index in [4.69, 9.17) is 4.74 Å². The molecule has 4 unspecified atom stereocenters. The summed E-state index contributed by atoms with van der Waals surface area (Å²) in [6, 6.07) is 6.87. The number of aliphatic hydroxyl groups is 3. The first-order valence-corrected chi connectivity index (χ1v) is 7.00. The lowest BCUT2D eigenvalue weighted by molar-refractivity contribution is -0.145. The van der Waals surface area contributed by atoms with Gasteiger partial charge in [0.2, 0.25) is 0 Å². The van der Waals surface area contributed by atoms with Gasteiger partial charge in [-0.3, -0.25) is 0 Å². The van der Waals surface area contributed by atoms with E-state index >= 15 is 0 Å². The Morgan fingerprint density at radius 2 is 1.90 bits per heavy atom. The maximum absolute atomic E-state index is 10.00. The number of aromatic hydroxyl groups is 1. The molecule has 4 atom stereocenters. The fourth-order valence-electron chi connectivity index (χ4n) is 2.45. The first-order valence-electron chi connectivity index (χ1n) is 7.00. The molecule has 5 nitrogen and oxygen atoms in total. The van der Waals surface area contributed by atoms with Crippen molar-refractivity contribution in [1.82, 2.24) is 0 Å². The van der Waals surface area contributed by atoms with Gasteiger partial charge in [0.1, 0.15) is 11.9 Å². The van der Waals surface area contributed by atoms with Crippen LogP contribution in [0.1, 0.15) is 24.8 Å². The number of phenols is 1. The first kappa shape index (κ1) is 15.3. The summed E-state index contributed by atoms with van der Waals surface area (Å²) < 4.78 is 5.40. The van der Waals surface area contributed by atoms with Gasteiger partial charge in [0, 0.05) is 13.0 Å². The molecule has 20 heavy (non-hydrogen) atoms. The molecule has 1 heterocycles. The Hall–Kier alpha value is -1.14. The zero-order valence-corrected chi connectivity index (χ0v) is 11.4. The molecule has 0 saturated carbocycles. The standard InChI is InChI=1S/C15H22O5/c16-11-4-1-10(2-5-11)3-6-12(17)9-14-15(19)13(18)7-8-20-14/h1-2,4-5,12-19H,3,6-9H2. The van der Waals surface area contributed by atoms with Crippen molar-refractivity contribution in [2.75, 3.05) is 6.61 Å². The summed E-state index contributed by atoms with van der Waals surface area (Å²) in [7, 11) is 0. The van der Waals surface area contributed by atoms with E-state index in [1.54, 1.807) is 12.1 Å². The molecule has 0 amide bonds. The SMILES string of the molecule is Oc1ccc(CCC(O)CC2OCCC(O)C2O)cc1. The third-order valence-corrected chi connectivity index (χ3v) is 3.73. The van der Waals surface area contributed by atoms with Crippen molar-refractivity contribution in [3.63, 3.8) is 0 Å². The maximum Gasteiger partial charge on any atom is 0.115 e. The van der Waals surface area contributed by atoms with Crippen LogP contribution in [0.15, 0.2) is 24.3 Å². The van der Waals surface area contributed by atoms with Crippen molar-refractivity contribution >= 4 is 0 Å². The summed E-state index contributed by atoms with van der Waals surface area (Å²) in [6.07, 6.45) is -0.801. The van der Waals surface area contributed by atoms with Crippen LogP contribution in [0.2, 0.25) is 0 Å². The van der Waals surface area contributed by atoms with Crippen LogP contribution in [0.5, 0.6) is 5.75 Å². The maximum atomic E-state index is 10.00. The normalized spacial score (nSPS) is 28.2. The van der Waals surface area contributed by atoms with Crippen molar-refractivity contribution < 1.29 is 25.2 Å². The highest BCUT2D eigenvalue weighted by molar-refractivity contribution is 5.25. The molecule has 0 aromatic heterocycles. The van der Waals surface area contributed by atoms with Crippen LogP contribution < -0.4 is 0 Å².